The molecule has 0 saturated heterocycles. The molecule has 3 aromatic carbocycles. The Balaban J connectivity index is 1.76. The Labute approximate surface area is 199 Å². The number of phenols is 1. The Bertz CT molecular complexity index is 1270. The number of ether oxygens (including phenoxy) is 1. The number of carbonyl (C=O) groups is 2. The Kier molecular flexibility index (Phi) is 7.37. The number of hydrogen-bond acceptors (Lipinski definition) is 5. The topological polar surface area (TPSA) is 99.4 Å². The van der Waals surface area contributed by atoms with E-state index in [1.54, 1.807) is 43.4 Å². The van der Waals surface area contributed by atoms with Crippen molar-refractivity contribution in [2.75, 3.05) is 0 Å². The van der Waals surface area contributed by atoms with Gasteiger partial charge in [0.2, 0.25) is 0 Å². The number of nitrogens with one attached hydrogen (secondary N) is 1. The molecule has 0 unspecified atom stereocenters. The fraction of sp³-hybridized carbons (Fsp3) is 0.250. The first-order chi connectivity index (χ1) is 16.1. The molecule has 0 aliphatic carbocycles. The molecule has 0 aromatic heterocycles. The first kappa shape index (κ1) is 24.5. The van der Waals surface area contributed by atoms with Crippen LogP contribution in [0.4, 0.5) is 0 Å². The van der Waals surface area contributed by atoms with Gasteiger partial charge in [0.1, 0.15) is 18.1 Å². The van der Waals surface area contributed by atoms with Crippen molar-refractivity contribution >= 4 is 11.7 Å². The van der Waals surface area contributed by atoms with Gasteiger partial charge < -0.3 is 9.84 Å². The lowest BCUT2D eigenvalue weighted by molar-refractivity contribution is 0.0935. The number of Topliss-reactive ketones (excluding diaryl/α,β-unsaturated/α-hetero) is 1. The Morgan fingerprint density at radius 3 is 2.38 bits per heavy atom. The van der Waals surface area contributed by atoms with Crippen LogP contribution in [0.25, 0.3) is 11.1 Å². The maximum atomic E-state index is 12.6. The Morgan fingerprint density at radius 2 is 1.71 bits per heavy atom. The van der Waals surface area contributed by atoms with Gasteiger partial charge in [-0.3, -0.25) is 14.9 Å². The molecule has 1 amide bonds. The minimum absolute atomic E-state index is 0.0482. The zero-order valence-electron chi connectivity index (χ0n) is 19.8. The van der Waals surface area contributed by atoms with E-state index in [4.69, 9.17) is 10.00 Å². The van der Waals surface area contributed by atoms with Crippen molar-refractivity contribution in [3.05, 3.63) is 82.9 Å². The second-order valence-corrected chi connectivity index (χ2v) is 9.38. The van der Waals surface area contributed by atoms with Crippen LogP contribution in [0.1, 0.15) is 59.0 Å². The number of nitrogens with zero attached hydrogens (tertiary/aromatic N) is 1. The van der Waals surface area contributed by atoms with Crippen molar-refractivity contribution in [2.24, 2.45) is 5.41 Å². The smallest absolute Gasteiger partial charge is 0.264 e. The van der Waals surface area contributed by atoms with Crippen LogP contribution in [0.2, 0.25) is 0 Å². The van der Waals surface area contributed by atoms with Crippen LogP contribution in [0, 0.1) is 23.8 Å². The minimum atomic E-state index is -0.455. The Morgan fingerprint density at radius 1 is 1.03 bits per heavy atom. The Hall–Kier alpha value is -4.11. The summed E-state index contributed by atoms with van der Waals surface area (Å²) in [5.41, 5.74) is 3.69. The van der Waals surface area contributed by atoms with E-state index in [1.807, 2.05) is 51.1 Å². The molecule has 2 N–H and O–H groups in total. The fourth-order valence-corrected chi connectivity index (χ4v) is 3.60. The quantitative estimate of drug-likeness (QED) is 0.267. The molecular formula is C28H28N2O4. The van der Waals surface area contributed by atoms with E-state index < -0.39 is 5.91 Å². The van der Waals surface area contributed by atoms with E-state index in [0.717, 1.165) is 16.7 Å². The zero-order valence-corrected chi connectivity index (χ0v) is 19.8. The summed E-state index contributed by atoms with van der Waals surface area (Å²) in [6, 6.07) is 18.1. The van der Waals surface area contributed by atoms with Gasteiger partial charge in [-0.2, -0.15) is 5.26 Å². The number of hydrogen-bond donors (Lipinski definition) is 2. The molecule has 0 aliphatic rings. The molecule has 174 valence electrons. The highest BCUT2D eigenvalue weighted by Crippen LogP contribution is 2.33. The van der Waals surface area contributed by atoms with Crippen LogP contribution in [-0.2, 0) is 6.61 Å². The van der Waals surface area contributed by atoms with Crippen molar-refractivity contribution in [3.63, 3.8) is 0 Å². The minimum Gasteiger partial charge on any atom is -0.507 e. The van der Waals surface area contributed by atoms with E-state index in [9.17, 15) is 14.7 Å². The van der Waals surface area contributed by atoms with Crippen molar-refractivity contribution in [1.82, 2.24) is 5.32 Å². The van der Waals surface area contributed by atoms with Crippen molar-refractivity contribution in [3.8, 4) is 28.8 Å². The SMILES string of the molecule is Cc1c(OCc2cccc(-c3cccc(C(=O)NC#N)c3)c2)ccc(C(=O)CC(C)(C)C)c1O. The van der Waals surface area contributed by atoms with Gasteiger partial charge in [-0.05, 0) is 59.4 Å². The van der Waals surface area contributed by atoms with Gasteiger partial charge in [0, 0.05) is 17.5 Å². The fourth-order valence-electron chi connectivity index (χ4n) is 3.60. The van der Waals surface area contributed by atoms with Gasteiger partial charge in [0.05, 0.1) is 5.56 Å². The first-order valence-corrected chi connectivity index (χ1v) is 11.0. The first-order valence-electron chi connectivity index (χ1n) is 11.0. The summed E-state index contributed by atoms with van der Waals surface area (Å²) in [5, 5.41) is 21.4. The predicted molar refractivity (Wildman–Crippen MR) is 131 cm³/mol. The molecule has 6 nitrogen and oxygen atoms in total. The van der Waals surface area contributed by atoms with E-state index >= 15 is 0 Å². The van der Waals surface area contributed by atoms with Gasteiger partial charge in [0.15, 0.2) is 12.0 Å². The van der Waals surface area contributed by atoms with Gasteiger partial charge in [0.25, 0.3) is 5.91 Å². The van der Waals surface area contributed by atoms with E-state index in [0.29, 0.717) is 28.9 Å². The lowest BCUT2D eigenvalue weighted by atomic mass is 9.87. The number of rotatable bonds is 7. The van der Waals surface area contributed by atoms with Crippen LogP contribution in [0.3, 0.4) is 0 Å². The van der Waals surface area contributed by atoms with Gasteiger partial charge >= 0.3 is 0 Å². The monoisotopic (exact) mass is 456 g/mol. The molecule has 0 heterocycles. The number of amides is 1. The average molecular weight is 457 g/mol. The van der Waals surface area contributed by atoms with Gasteiger partial charge in [-0.25, -0.2) is 0 Å². The van der Waals surface area contributed by atoms with Crippen molar-refractivity contribution in [1.29, 1.82) is 5.26 Å². The van der Waals surface area contributed by atoms with Crippen LogP contribution >= 0.6 is 0 Å². The maximum Gasteiger partial charge on any atom is 0.264 e. The molecule has 0 radical (unpaired) electrons. The normalized spacial score (nSPS) is 10.9. The predicted octanol–water partition coefficient (Wildman–Crippen LogP) is 5.78. The zero-order chi connectivity index (χ0) is 24.9. The standard InChI is InChI=1S/C28H28N2O4/c1-18-25(12-11-23(26(18)32)24(31)15-28(2,3)4)34-16-19-7-5-8-20(13-19)21-9-6-10-22(14-21)27(33)30-17-29/h5-14,32H,15-16H2,1-4H3,(H,30,33). The van der Waals surface area contributed by atoms with Crippen LogP contribution in [0.5, 0.6) is 11.5 Å². The number of carbonyl (C=O) groups excluding carboxylic acids is 2. The highest BCUT2D eigenvalue weighted by molar-refractivity contribution is 5.99. The molecule has 0 spiro atoms. The van der Waals surface area contributed by atoms with Gasteiger partial charge in [-0.1, -0.05) is 51.1 Å². The van der Waals surface area contributed by atoms with Gasteiger partial charge in [-0.15, -0.1) is 0 Å². The second-order valence-electron chi connectivity index (χ2n) is 9.38. The largest absolute Gasteiger partial charge is 0.507 e. The summed E-state index contributed by atoms with van der Waals surface area (Å²) in [4.78, 5) is 24.5. The molecule has 0 fully saturated rings. The average Bonchev–Trinajstić information content (AvgIpc) is 2.79. The summed E-state index contributed by atoms with van der Waals surface area (Å²) >= 11 is 0. The summed E-state index contributed by atoms with van der Waals surface area (Å²) in [5.74, 6) is -0.0973. The van der Waals surface area contributed by atoms with Crippen molar-refractivity contribution < 1.29 is 19.4 Å². The third-order valence-electron chi connectivity index (χ3n) is 5.32. The lowest BCUT2D eigenvalue weighted by Gasteiger charge is -2.18. The molecule has 6 heteroatoms. The number of ketones is 1. The molecular weight excluding hydrogens is 428 g/mol. The van der Waals surface area contributed by atoms with Crippen molar-refractivity contribution in [2.45, 2.75) is 40.7 Å². The molecule has 0 bridgehead atoms. The number of nitriles is 1. The third kappa shape index (κ3) is 6.02. The number of phenolic OH excluding ortho intramolecular Hbond substituents is 1. The lowest BCUT2D eigenvalue weighted by Crippen LogP contribution is -2.17. The maximum absolute atomic E-state index is 12.6. The molecule has 0 aliphatic heterocycles. The van der Waals surface area contributed by atoms with E-state index in [2.05, 4.69) is 5.32 Å². The molecule has 34 heavy (non-hydrogen) atoms. The second kappa shape index (κ2) is 10.2. The summed E-state index contributed by atoms with van der Waals surface area (Å²) in [6.45, 7) is 7.94. The highest BCUT2D eigenvalue weighted by atomic mass is 16.5. The molecule has 0 saturated carbocycles. The summed E-state index contributed by atoms with van der Waals surface area (Å²) in [6.07, 6.45) is 1.98. The summed E-state index contributed by atoms with van der Waals surface area (Å²) in [7, 11) is 0. The van der Waals surface area contributed by atoms with Crippen LogP contribution in [-0.4, -0.2) is 16.8 Å². The van der Waals surface area contributed by atoms with Crippen LogP contribution < -0.4 is 10.1 Å². The third-order valence-corrected chi connectivity index (χ3v) is 5.32. The number of benzene rings is 3. The molecule has 3 aromatic rings. The molecule has 3 rings (SSSR count). The van der Waals surface area contributed by atoms with E-state index in [-0.39, 0.29) is 23.6 Å². The highest BCUT2D eigenvalue weighted by Gasteiger charge is 2.21. The van der Waals surface area contributed by atoms with E-state index in [1.165, 1.54) is 0 Å². The molecule has 0 atom stereocenters. The number of aromatic hydroxyl groups is 1. The van der Waals surface area contributed by atoms with Crippen LogP contribution in [0.15, 0.2) is 60.7 Å². The summed E-state index contributed by atoms with van der Waals surface area (Å²) < 4.78 is 5.95.